The predicted octanol–water partition coefficient (Wildman–Crippen LogP) is 0.670. The summed E-state index contributed by atoms with van der Waals surface area (Å²) in [6.45, 7) is 2.97. The molecule has 17 heavy (non-hydrogen) atoms. The Kier molecular flexibility index (Phi) is 5.57. The summed E-state index contributed by atoms with van der Waals surface area (Å²) in [6.07, 6.45) is 5.35. The van der Waals surface area contributed by atoms with E-state index in [2.05, 4.69) is 27.7 Å². The van der Waals surface area contributed by atoms with E-state index in [1.165, 1.54) is 6.26 Å². The van der Waals surface area contributed by atoms with Gasteiger partial charge in [0.25, 0.3) is 0 Å². The quantitative estimate of drug-likeness (QED) is 0.717. The summed E-state index contributed by atoms with van der Waals surface area (Å²) in [7, 11) is -2.88. The standard InChI is InChI=1S/C10H20N4O2S/c1-3-6-11-9(10-8-12-14-13-10)5-4-7-17(2,15)16/h8-9,11H,3-7H2,1-2H3,(H,12,13,14). The summed E-state index contributed by atoms with van der Waals surface area (Å²) in [4.78, 5) is 0. The van der Waals surface area contributed by atoms with Crippen LogP contribution in [0, 0.1) is 0 Å². The van der Waals surface area contributed by atoms with Gasteiger partial charge in [-0.1, -0.05) is 6.92 Å². The van der Waals surface area contributed by atoms with Gasteiger partial charge in [0.15, 0.2) is 0 Å². The Balaban J connectivity index is 2.47. The van der Waals surface area contributed by atoms with Crippen molar-refractivity contribution < 1.29 is 8.42 Å². The van der Waals surface area contributed by atoms with Crippen molar-refractivity contribution in [2.75, 3.05) is 18.6 Å². The molecule has 0 saturated heterocycles. The number of sulfone groups is 1. The van der Waals surface area contributed by atoms with Crippen molar-refractivity contribution >= 4 is 9.84 Å². The van der Waals surface area contributed by atoms with Crippen LogP contribution in [-0.4, -0.2) is 42.4 Å². The first-order valence-electron chi connectivity index (χ1n) is 5.79. The summed E-state index contributed by atoms with van der Waals surface area (Å²) >= 11 is 0. The second-order valence-corrected chi connectivity index (χ2v) is 6.43. The van der Waals surface area contributed by atoms with E-state index >= 15 is 0 Å². The average Bonchev–Trinajstić information content (AvgIpc) is 2.74. The molecule has 1 heterocycles. The SMILES string of the molecule is CCCNC(CCCS(C)(=O)=O)c1cn[nH]n1. The maximum Gasteiger partial charge on any atom is 0.147 e. The van der Waals surface area contributed by atoms with Gasteiger partial charge < -0.3 is 5.32 Å². The molecule has 0 aliphatic heterocycles. The van der Waals surface area contributed by atoms with E-state index < -0.39 is 9.84 Å². The van der Waals surface area contributed by atoms with Crippen molar-refractivity contribution in [3.8, 4) is 0 Å². The second kappa shape index (κ2) is 6.70. The molecule has 0 saturated carbocycles. The third-order valence-electron chi connectivity index (χ3n) is 2.44. The minimum Gasteiger partial charge on any atom is -0.309 e. The van der Waals surface area contributed by atoms with Gasteiger partial charge in [0.05, 0.1) is 17.9 Å². The molecule has 6 nitrogen and oxygen atoms in total. The van der Waals surface area contributed by atoms with Gasteiger partial charge >= 0.3 is 0 Å². The third-order valence-corrected chi connectivity index (χ3v) is 3.47. The normalized spacial score (nSPS) is 13.8. The van der Waals surface area contributed by atoms with Gasteiger partial charge in [0.1, 0.15) is 9.84 Å². The Hall–Kier alpha value is -0.950. The zero-order valence-electron chi connectivity index (χ0n) is 10.3. The lowest BCUT2D eigenvalue weighted by molar-refractivity contribution is 0.482. The summed E-state index contributed by atoms with van der Waals surface area (Å²) in [5.74, 6) is 0.217. The van der Waals surface area contributed by atoms with E-state index in [9.17, 15) is 8.42 Å². The molecule has 0 bridgehead atoms. The highest BCUT2D eigenvalue weighted by molar-refractivity contribution is 7.90. The predicted molar refractivity (Wildman–Crippen MR) is 66.4 cm³/mol. The van der Waals surface area contributed by atoms with Gasteiger partial charge in [-0.15, -0.1) is 0 Å². The van der Waals surface area contributed by atoms with Crippen molar-refractivity contribution in [3.05, 3.63) is 11.9 Å². The fourth-order valence-electron chi connectivity index (χ4n) is 1.60. The van der Waals surface area contributed by atoms with E-state index in [0.717, 1.165) is 25.1 Å². The molecular formula is C10H20N4O2S. The maximum absolute atomic E-state index is 11.1. The van der Waals surface area contributed by atoms with Crippen molar-refractivity contribution in [2.24, 2.45) is 0 Å². The highest BCUT2D eigenvalue weighted by Crippen LogP contribution is 2.15. The molecule has 2 N–H and O–H groups in total. The molecule has 0 amide bonds. The van der Waals surface area contributed by atoms with Crippen LogP contribution < -0.4 is 5.32 Å². The lowest BCUT2D eigenvalue weighted by atomic mass is 10.1. The first kappa shape index (κ1) is 14.1. The third kappa shape index (κ3) is 5.78. The maximum atomic E-state index is 11.1. The number of hydrogen-bond acceptors (Lipinski definition) is 5. The van der Waals surface area contributed by atoms with Crippen molar-refractivity contribution in [1.82, 2.24) is 20.7 Å². The molecule has 1 aromatic rings. The van der Waals surface area contributed by atoms with E-state index in [-0.39, 0.29) is 11.8 Å². The van der Waals surface area contributed by atoms with Crippen LogP contribution in [0.4, 0.5) is 0 Å². The fourth-order valence-corrected chi connectivity index (χ4v) is 2.29. The van der Waals surface area contributed by atoms with Gasteiger partial charge in [0.2, 0.25) is 0 Å². The largest absolute Gasteiger partial charge is 0.309 e. The molecule has 1 rings (SSSR count). The Morgan fingerprint density at radius 2 is 2.29 bits per heavy atom. The van der Waals surface area contributed by atoms with E-state index in [0.29, 0.717) is 6.42 Å². The molecule has 0 aromatic carbocycles. The summed E-state index contributed by atoms with van der Waals surface area (Å²) < 4.78 is 22.1. The molecule has 0 spiro atoms. The minimum atomic E-state index is -2.88. The van der Waals surface area contributed by atoms with Crippen molar-refractivity contribution in [3.63, 3.8) is 0 Å². The van der Waals surface area contributed by atoms with Crippen LogP contribution in [0.25, 0.3) is 0 Å². The summed E-state index contributed by atoms with van der Waals surface area (Å²) in [5.41, 5.74) is 0.840. The van der Waals surface area contributed by atoms with Crippen molar-refractivity contribution in [2.45, 2.75) is 32.2 Å². The molecule has 1 aromatic heterocycles. The topological polar surface area (TPSA) is 87.7 Å². The molecule has 1 unspecified atom stereocenters. The lowest BCUT2D eigenvalue weighted by Crippen LogP contribution is -2.23. The van der Waals surface area contributed by atoms with E-state index in [1.807, 2.05) is 0 Å². The zero-order chi connectivity index (χ0) is 12.7. The minimum absolute atomic E-state index is 0.0791. The smallest absolute Gasteiger partial charge is 0.147 e. The number of rotatable bonds is 8. The van der Waals surface area contributed by atoms with Gasteiger partial charge in [-0.25, -0.2) is 8.42 Å². The highest BCUT2D eigenvalue weighted by atomic mass is 32.2. The van der Waals surface area contributed by atoms with Crippen LogP contribution >= 0.6 is 0 Å². The van der Waals surface area contributed by atoms with E-state index in [1.54, 1.807) is 6.20 Å². The Morgan fingerprint density at radius 3 is 2.82 bits per heavy atom. The second-order valence-electron chi connectivity index (χ2n) is 4.17. The van der Waals surface area contributed by atoms with Crippen LogP contribution in [0.1, 0.15) is 37.9 Å². The van der Waals surface area contributed by atoms with Crippen LogP contribution in [-0.2, 0) is 9.84 Å². The summed E-state index contributed by atoms with van der Waals surface area (Å²) in [6, 6.07) is 0.0791. The molecule has 0 fully saturated rings. The van der Waals surface area contributed by atoms with Gasteiger partial charge in [-0.05, 0) is 25.8 Å². The first-order chi connectivity index (χ1) is 8.03. The first-order valence-corrected chi connectivity index (χ1v) is 7.85. The molecule has 0 radical (unpaired) electrons. The number of nitrogens with zero attached hydrogens (tertiary/aromatic N) is 2. The van der Waals surface area contributed by atoms with Crippen LogP contribution in [0.3, 0.4) is 0 Å². The molecule has 7 heteroatoms. The fraction of sp³-hybridized carbons (Fsp3) is 0.800. The molecule has 0 aliphatic carbocycles. The van der Waals surface area contributed by atoms with Crippen LogP contribution in [0.2, 0.25) is 0 Å². The Morgan fingerprint density at radius 1 is 1.53 bits per heavy atom. The summed E-state index contributed by atoms with van der Waals surface area (Å²) in [5, 5.41) is 13.7. The van der Waals surface area contributed by atoms with Gasteiger partial charge in [-0.2, -0.15) is 15.4 Å². The Labute approximate surface area is 102 Å². The molecular weight excluding hydrogens is 240 g/mol. The number of H-pyrrole nitrogens is 1. The number of nitrogens with one attached hydrogen (secondary N) is 2. The lowest BCUT2D eigenvalue weighted by Gasteiger charge is -2.15. The molecule has 1 atom stereocenters. The number of aromatic nitrogens is 3. The van der Waals surface area contributed by atoms with Gasteiger partial charge in [-0.3, -0.25) is 0 Å². The monoisotopic (exact) mass is 260 g/mol. The van der Waals surface area contributed by atoms with Gasteiger partial charge in [0, 0.05) is 12.0 Å². The highest BCUT2D eigenvalue weighted by Gasteiger charge is 2.14. The average molecular weight is 260 g/mol. The van der Waals surface area contributed by atoms with Crippen molar-refractivity contribution in [1.29, 1.82) is 0 Å². The van der Waals surface area contributed by atoms with E-state index in [4.69, 9.17) is 0 Å². The number of hydrogen-bond donors (Lipinski definition) is 2. The van der Waals surface area contributed by atoms with Crippen LogP contribution in [0.15, 0.2) is 6.20 Å². The molecule has 98 valence electrons. The zero-order valence-corrected chi connectivity index (χ0v) is 11.1. The Bertz CT molecular complexity index is 402. The van der Waals surface area contributed by atoms with Crippen LogP contribution in [0.5, 0.6) is 0 Å². The molecule has 0 aliphatic rings. The number of aromatic amines is 1.